The molecule has 0 unspecified atom stereocenters. The van der Waals surface area contributed by atoms with Gasteiger partial charge in [0.1, 0.15) is 10.2 Å². The molecule has 2 rings (SSSR count). The highest BCUT2D eigenvalue weighted by molar-refractivity contribution is 6.59. The molecule has 0 atom stereocenters. The van der Waals surface area contributed by atoms with Gasteiger partial charge >= 0.3 is 5.70 Å². The third-order valence-corrected chi connectivity index (χ3v) is 4.37. The molecule has 1 aromatic heterocycles. The summed E-state index contributed by atoms with van der Waals surface area (Å²) in [7, 11) is 0. The largest absolute Gasteiger partial charge is 0.494 e. The number of hydrogen-bond acceptors (Lipinski definition) is 5. The summed E-state index contributed by atoms with van der Waals surface area (Å²) in [5.41, 5.74) is 1.40. The first-order valence-corrected chi connectivity index (χ1v) is 9.01. The number of aryl methyl sites for hydroxylation is 2. The molecule has 0 spiro atoms. The Morgan fingerprint density at radius 1 is 1.26 bits per heavy atom. The van der Waals surface area contributed by atoms with Gasteiger partial charge in [-0.05, 0) is 51.1 Å². The second-order valence-corrected chi connectivity index (χ2v) is 6.78. The molecule has 7 nitrogen and oxygen atoms in total. The van der Waals surface area contributed by atoms with Crippen LogP contribution in [0.1, 0.15) is 18.3 Å². The average Bonchev–Trinajstić information content (AvgIpc) is 2.93. The second kappa shape index (κ2) is 9.12. The Morgan fingerprint density at radius 3 is 2.33 bits per heavy atom. The summed E-state index contributed by atoms with van der Waals surface area (Å²) < 4.78 is 6.36. The van der Waals surface area contributed by atoms with Crippen molar-refractivity contribution >= 4 is 46.3 Å². The zero-order valence-corrected chi connectivity index (χ0v) is 17.1. The lowest BCUT2D eigenvalue weighted by molar-refractivity contribution is -0.419. The Labute approximate surface area is 171 Å². The van der Waals surface area contributed by atoms with Crippen molar-refractivity contribution in [2.75, 3.05) is 11.9 Å². The number of nitrogens with one attached hydrogen (secondary N) is 1. The lowest BCUT2D eigenvalue weighted by atomic mass is 10.3. The minimum absolute atomic E-state index is 0.0126. The molecule has 0 aliphatic carbocycles. The predicted molar refractivity (Wildman–Crippen MR) is 108 cm³/mol. The van der Waals surface area contributed by atoms with E-state index in [9.17, 15) is 10.1 Å². The first-order chi connectivity index (χ1) is 12.7. The van der Waals surface area contributed by atoms with Crippen LogP contribution in [0.2, 0.25) is 0 Å². The number of benzene rings is 1. The van der Waals surface area contributed by atoms with Gasteiger partial charge in [0.2, 0.25) is 5.82 Å². The lowest BCUT2D eigenvalue weighted by Crippen LogP contribution is -2.17. The van der Waals surface area contributed by atoms with E-state index in [4.69, 9.17) is 39.5 Å². The van der Waals surface area contributed by atoms with Crippen molar-refractivity contribution in [2.24, 2.45) is 0 Å². The van der Waals surface area contributed by atoms with Crippen LogP contribution < -0.4 is 10.1 Å². The molecule has 0 aliphatic heterocycles. The molecule has 0 radical (unpaired) electrons. The fraction of sp³-hybridized carbons (Fsp3) is 0.235. The molecule has 1 heterocycles. The maximum atomic E-state index is 11.7. The minimum atomic E-state index is -0.666. The van der Waals surface area contributed by atoms with Crippen LogP contribution in [-0.4, -0.2) is 21.3 Å². The van der Waals surface area contributed by atoms with Gasteiger partial charge in [0.15, 0.2) is 5.03 Å². The summed E-state index contributed by atoms with van der Waals surface area (Å²) in [5.74, 6) is 0.689. The molecule has 27 heavy (non-hydrogen) atoms. The number of allylic oxidation sites excluding steroid dienone is 1. The average molecular weight is 432 g/mol. The van der Waals surface area contributed by atoms with Crippen molar-refractivity contribution < 1.29 is 9.66 Å². The SMILES string of the molecule is CCOc1ccc(NC(=C(C(Cl)=C(Cl)Cl)[N+](=O)[O-])n2nc(C)cc2C)cc1. The van der Waals surface area contributed by atoms with Gasteiger partial charge in [-0.2, -0.15) is 5.10 Å². The Kier molecular flexibility index (Phi) is 7.12. The predicted octanol–water partition coefficient (Wildman–Crippen LogP) is 5.30. The van der Waals surface area contributed by atoms with E-state index in [1.54, 1.807) is 44.2 Å². The van der Waals surface area contributed by atoms with Crippen molar-refractivity contribution in [2.45, 2.75) is 20.8 Å². The normalized spacial score (nSPS) is 11.6. The molecule has 0 saturated carbocycles. The molecule has 10 heteroatoms. The molecule has 0 bridgehead atoms. The van der Waals surface area contributed by atoms with Gasteiger partial charge in [-0.15, -0.1) is 0 Å². The standard InChI is InChI=1S/C17H17Cl3N4O3/c1-4-27-13-7-5-12(6-8-13)21-17(23-11(3)9-10(2)22-23)15(24(25)26)14(18)16(19)20/h5-9,21H,4H2,1-3H3. The van der Waals surface area contributed by atoms with Crippen molar-refractivity contribution in [3.8, 4) is 5.75 Å². The van der Waals surface area contributed by atoms with Gasteiger partial charge in [0.25, 0.3) is 0 Å². The Bertz CT molecular complexity index is 901. The van der Waals surface area contributed by atoms with Crippen LogP contribution in [0.15, 0.2) is 45.6 Å². The van der Waals surface area contributed by atoms with E-state index in [-0.39, 0.29) is 5.82 Å². The lowest BCUT2D eigenvalue weighted by Gasteiger charge is -2.14. The third kappa shape index (κ3) is 5.15. The number of nitrogens with zero attached hydrogens (tertiary/aromatic N) is 3. The van der Waals surface area contributed by atoms with E-state index in [2.05, 4.69) is 10.4 Å². The minimum Gasteiger partial charge on any atom is -0.494 e. The highest BCUT2D eigenvalue weighted by Crippen LogP contribution is 2.31. The van der Waals surface area contributed by atoms with E-state index < -0.39 is 20.1 Å². The zero-order valence-electron chi connectivity index (χ0n) is 14.8. The third-order valence-electron chi connectivity index (χ3n) is 3.43. The summed E-state index contributed by atoms with van der Waals surface area (Å²) in [6, 6.07) is 8.69. The number of halogens is 3. The van der Waals surface area contributed by atoms with Crippen LogP contribution in [0.5, 0.6) is 5.75 Å². The molecule has 0 fully saturated rings. The monoisotopic (exact) mass is 430 g/mol. The maximum Gasteiger partial charge on any atom is 0.332 e. The number of aromatic nitrogens is 2. The highest BCUT2D eigenvalue weighted by Gasteiger charge is 2.28. The van der Waals surface area contributed by atoms with Crippen LogP contribution in [0.4, 0.5) is 5.69 Å². The Morgan fingerprint density at radius 2 is 1.89 bits per heavy atom. The van der Waals surface area contributed by atoms with E-state index in [1.165, 1.54) is 4.68 Å². The van der Waals surface area contributed by atoms with Crippen LogP contribution in [0, 0.1) is 24.0 Å². The van der Waals surface area contributed by atoms with Crippen molar-refractivity contribution in [3.05, 3.63) is 67.1 Å². The van der Waals surface area contributed by atoms with Crippen LogP contribution in [0.25, 0.3) is 5.82 Å². The topological polar surface area (TPSA) is 82.2 Å². The molecule has 1 aromatic carbocycles. The van der Waals surface area contributed by atoms with Crippen LogP contribution >= 0.6 is 34.8 Å². The van der Waals surface area contributed by atoms with Gasteiger partial charge < -0.3 is 10.1 Å². The smallest absolute Gasteiger partial charge is 0.332 e. The van der Waals surface area contributed by atoms with Crippen molar-refractivity contribution in [1.82, 2.24) is 9.78 Å². The number of anilines is 1. The number of hydrogen-bond donors (Lipinski definition) is 1. The fourth-order valence-corrected chi connectivity index (χ4v) is 2.70. The van der Waals surface area contributed by atoms with Gasteiger partial charge in [-0.1, -0.05) is 34.8 Å². The fourth-order valence-electron chi connectivity index (χ4n) is 2.37. The molecule has 2 aromatic rings. The maximum absolute atomic E-state index is 11.7. The van der Waals surface area contributed by atoms with Crippen molar-refractivity contribution in [3.63, 3.8) is 0 Å². The van der Waals surface area contributed by atoms with Crippen LogP contribution in [0.3, 0.4) is 0 Å². The Balaban J connectivity index is 2.62. The second-order valence-electron chi connectivity index (χ2n) is 5.45. The molecular formula is C17H17Cl3N4O3. The zero-order chi connectivity index (χ0) is 20.1. The summed E-state index contributed by atoms with van der Waals surface area (Å²) in [4.78, 5) is 11.1. The van der Waals surface area contributed by atoms with E-state index >= 15 is 0 Å². The van der Waals surface area contributed by atoms with E-state index in [0.717, 1.165) is 0 Å². The highest BCUT2D eigenvalue weighted by atomic mass is 35.5. The summed E-state index contributed by atoms with van der Waals surface area (Å²) in [6.07, 6.45) is 0. The molecule has 0 amide bonds. The van der Waals surface area contributed by atoms with Crippen molar-refractivity contribution in [1.29, 1.82) is 0 Å². The molecule has 144 valence electrons. The molecule has 0 aliphatic rings. The van der Waals surface area contributed by atoms with E-state index in [0.29, 0.717) is 29.4 Å². The number of nitro groups is 1. The molecular weight excluding hydrogens is 415 g/mol. The first kappa shape index (κ1) is 21.1. The van der Waals surface area contributed by atoms with Gasteiger partial charge in [0.05, 0.1) is 17.2 Å². The number of rotatable bonds is 7. The first-order valence-electron chi connectivity index (χ1n) is 7.88. The van der Waals surface area contributed by atoms with Gasteiger partial charge in [-0.3, -0.25) is 10.1 Å². The van der Waals surface area contributed by atoms with Gasteiger partial charge in [-0.25, -0.2) is 4.68 Å². The summed E-state index contributed by atoms with van der Waals surface area (Å²) in [5, 5.41) is 18.6. The molecule has 1 N–H and O–H groups in total. The van der Waals surface area contributed by atoms with Crippen LogP contribution in [-0.2, 0) is 0 Å². The molecule has 0 saturated heterocycles. The Hall–Kier alpha value is -2.22. The number of ether oxygens (including phenoxy) is 1. The summed E-state index contributed by atoms with van der Waals surface area (Å²) >= 11 is 17.4. The summed E-state index contributed by atoms with van der Waals surface area (Å²) in [6.45, 7) is 5.94. The van der Waals surface area contributed by atoms with E-state index in [1.807, 2.05) is 6.92 Å². The quantitative estimate of drug-likeness (QED) is 0.365. The van der Waals surface area contributed by atoms with Gasteiger partial charge in [0, 0.05) is 11.4 Å².